The molecule has 0 amide bonds. The molecule has 0 atom stereocenters. The molecule has 0 radical (unpaired) electrons. The quantitative estimate of drug-likeness (QED) is 0.831. The lowest BCUT2D eigenvalue weighted by Gasteiger charge is -2.08. The van der Waals surface area contributed by atoms with E-state index in [4.69, 9.17) is 10.00 Å². The normalized spacial score (nSPS) is 9.83. The van der Waals surface area contributed by atoms with Gasteiger partial charge in [0.1, 0.15) is 18.4 Å². The number of benzene rings is 1. The van der Waals surface area contributed by atoms with Crippen molar-refractivity contribution in [2.24, 2.45) is 0 Å². The van der Waals surface area contributed by atoms with Crippen molar-refractivity contribution in [3.8, 4) is 11.8 Å². The van der Waals surface area contributed by atoms with Crippen LogP contribution in [0.4, 0.5) is 4.39 Å². The van der Waals surface area contributed by atoms with Gasteiger partial charge >= 0.3 is 0 Å². The molecule has 0 aliphatic carbocycles. The van der Waals surface area contributed by atoms with Crippen LogP contribution >= 0.6 is 0 Å². The Bertz CT molecular complexity index is 605. The molecule has 0 N–H and O–H groups in total. The maximum atomic E-state index is 13.7. The molecule has 0 bridgehead atoms. The summed E-state index contributed by atoms with van der Waals surface area (Å²) in [6, 6.07) is 10.3. The molecule has 1 aromatic heterocycles. The fourth-order valence-electron chi connectivity index (χ4n) is 1.52. The van der Waals surface area contributed by atoms with Crippen molar-refractivity contribution in [3.05, 3.63) is 59.2 Å². The van der Waals surface area contributed by atoms with Gasteiger partial charge in [0.25, 0.3) is 0 Å². The fourth-order valence-corrected chi connectivity index (χ4v) is 1.52. The van der Waals surface area contributed by atoms with Crippen LogP contribution in [0.2, 0.25) is 0 Å². The second kappa shape index (κ2) is 5.28. The van der Waals surface area contributed by atoms with E-state index in [-0.39, 0.29) is 18.2 Å². The lowest BCUT2D eigenvalue weighted by atomic mass is 10.2. The predicted octanol–water partition coefficient (Wildman–Crippen LogP) is 2.98. The van der Waals surface area contributed by atoms with Gasteiger partial charge in [-0.2, -0.15) is 5.26 Å². The number of halogens is 1. The maximum Gasteiger partial charge on any atom is 0.167 e. The molecular formula is C14H11FN2O. The molecule has 18 heavy (non-hydrogen) atoms. The third-order valence-electron chi connectivity index (χ3n) is 2.49. The van der Waals surface area contributed by atoms with E-state index in [0.717, 1.165) is 5.56 Å². The van der Waals surface area contributed by atoms with Gasteiger partial charge in [-0.15, -0.1) is 0 Å². The number of aryl methyl sites for hydroxylation is 1. The van der Waals surface area contributed by atoms with Crippen molar-refractivity contribution in [3.63, 3.8) is 0 Å². The third-order valence-corrected chi connectivity index (χ3v) is 2.49. The minimum absolute atomic E-state index is 0.206. The summed E-state index contributed by atoms with van der Waals surface area (Å²) in [7, 11) is 0. The monoisotopic (exact) mass is 242 g/mol. The molecule has 1 heterocycles. The number of hydrogen-bond acceptors (Lipinski definition) is 3. The van der Waals surface area contributed by atoms with Crippen molar-refractivity contribution in [2.75, 3.05) is 0 Å². The van der Waals surface area contributed by atoms with Gasteiger partial charge in [-0.3, -0.25) is 0 Å². The van der Waals surface area contributed by atoms with Gasteiger partial charge in [-0.25, -0.2) is 9.37 Å². The van der Waals surface area contributed by atoms with Gasteiger partial charge in [0.15, 0.2) is 11.6 Å². The topological polar surface area (TPSA) is 45.9 Å². The fraction of sp³-hybridized carbons (Fsp3) is 0.143. The zero-order valence-corrected chi connectivity index (χ0v) is 9.85. The first-order valence-corrected chi connectivity index (χ1v) is 5.43. The second-order valence-electron chi connectivity index (χ2n) is 3.84. The third kappa shape index (κ3) is 2.64. The summed E-state index contributed by atoms with van der Waals surface area (Å²) in [6.07, 6.45) is 1.53. The highest BCUT2D eigenvalue weighted by Gasteiger charge is 2.06. The molecule has 0 aliphatic heterocycles. The van der Waals surface area contributed by atoms with Crippen molar-refractivity contribution >= 4 is 0 Å². The molecule has 0 saturated heterocycles. The Balaban J connectivity index is 2.12. The van der Waals surface area contributed by atoms with E-state index in [0.29, 0.717) is 11.3 Å². The van der Waals surface area contributed by atoms with Crippen LogP contribution in [0.5, 0.6) is 5.75 Å². The number of nitriles is 1. The minimum Gasteiger partial charge on any atom is -0.486 e. The molecule has 3 nitrogen and oxygen atoms in total. The zero-order valence-electron chi connectivity index (χ0n) is 9.85. The molecule has 0 spiro atoms. The van der Waals surface area contributed by atoms with Crippen LogP contribution in [-0.2, 0) is 6.61 Å². The van der Waals surface area contributed by atoms with Gasteiger partial charge in [-0.05, 0) is 36.2 Å². The van der Waals surface area contributed by atoms with Gasteiger partial charge in [0, 0.05) is 6.20 Å². The average molecular weight is 242 g/mol. The number of nitrogens with zero attached hydrogens (tertiary/aromatic N) is 2. The van der Waals surface area contributed by atoms with E-state index >= 15 is 0 Å². The van der Waals surface area contributed by atoms with Crippen LogP contribution in [-0.4, -0.2) is 4.98 Å². The summed E-state index contributed by atoms with van der Waals surface area (Å²) < 4.78 is 19.1. The zero-order chi connectivity index (χ0) is 13.0. The molecule has 4 heteroatoms. The Kier molecular flexibility index (Phi) is 3.54. The molecule has 2 aromatic rings. The molecule has 0 aliphatic rings. The first-order valence-electron chi connectivity index (χ1n) is 5.43. The Labute approximate surface area is 104 Å². The van der Waals surface area contributed by atoms with E-state index < -0.39 is 0 Å². The SMILES string of the molecule is Cc1cccc(OCc2ccnc(C#N)c2)c1F. The standard InChI is InChI=1S/C14H11FN2O/c1-10-3-2-4-13(14(10)15)18-9-11-5-6-17-12(7-11)8-16/h2-7H,9H2,1H3. The van der Waals surface area contributed by atoms with Crippen molar-refractivity contribution < 1.29 is 9.13 Å². The van der Waals surface area contributed by atoms with Gasteiger partial charge < -0.3 is 4.74 Å². The molecule has 1 aromatic carbocycles. The van der Waals surface area contributed by atoms with E-state index in [9.17, 15) is 4.39 Å². The van der Waals surface area contributed by atoms with Gasteiger partial charge in [0.2, 0.25) is 0 Å². The highest BCUT2D eigenvalue weighted by Crippen LogP contribution is 2.20. The lowest BCUT2D eigenvalue weighted by molar-refractivity contribution is 0.289. The van der Waals surface area contributed by atoms with Crippen LogP contribution in [0.25, 0.3) is 0 Å². The predicted molar refractivity (Wildman–Crippen MR) is 64.4 cm³/mol. The number of hydrogen-bond donors (Lipinski definition) is 0. The van der Waals surface area contributed by atoms with Crippen molar-refractivity contribution in [1.29, 1.82) is 5.26 Å². The number of ether oxygens (including phenoxy) is 1. The maximum absolute atomic E-state index is 13.7. The van der Waals surface area contributed by atoms with Crippen LogP contribution in [0.15, 0.2) is 36.5 Å². The average Bonchev–Trinajstić information content (AvgIpc) is 2.41. The van der Waals surface area contributed by atoms with E-state index in [1.807, 2.05) is 6.07 Å². The highest BCUT2D eigenvalue weighted by atomic mass is 19.1. The van der Waals surface area contributed by atoms with Crippen LogP contribution < -0.4 is 4.74 Å². The summed E-state index contributed by atoms with van der Waals surface area (Å²) in [6.45, 7) is 1.89. The van der Waals surface area contributed by atoms with Gasteiger partial charge in [0.05, 0.1) is 0 Å². The summed E-state index contributed by atoms with van der Waals surface area (Å²) in [5, 5.41) is 8.71. The molecule has 0 fully saturated rings. The number of aromatic nitrogens is 1. The molecule has 0 saturated carbocycles. The molecule has 2 rings (SSSR count). The van der Waals surface area contributed by atoms with Crippen molar-refractivity contribution in [1.82, 2.24) is 4.98 Å². The minimum atomic E-state index is -0.355. The number of rotatable bonds is 3. The summed E-state index contributed by atoms with van der Waals surface area (Å²) in [5.41, 5.74) is 1.64. The highest BCUT2D eigenvalue weighted by molar-refractivity contribution is 5.31. The Morgan fingerprint density at radius 3 is 3.00 bits per heavy atom. The summed E-state index contributed by atoms with van der Waals surface area (Å²) in [5.74, 6) is -0.141. The van der Waals surface area contributed by atoms with Gasteiger partial charge in [-0.1, -0.05) is 12.1 Å². The largest absolute Gasteiger partial charge is 0.486 e. The van der Waals surface area contributed by atoms with E-state index in [1.165, 1.54) is 6.20 Å². The Morgan fingerprint density at radius 1 is 1.39 bits per heavy atom. The molecule has 0 unspecified atom stereocenters. The van der Waals surface area contributed by atoms with Crippen LogP contribution in [0, 0.1) is 24.1 Å². The van der Waals surface area contributed by atoms with Crippen LogP contribution in [0.1, 0.15) is 16.8 Å². The molecular weight excluding hydrogens is 231 g/mol. The molecule has 90 valence electrons. The van der Waals surface area contributed by atoms with E-state index in [2.05, 4.69) is 4.98 Å². The first-order chi connectivity index (χ1) is 8.70. The first kappa shape index (κ1) is 12.1. The second-order valence-corrected chi connectivity index (χ2v) is 3.84. The number of pyridine rings is 1. The Morgan fingerprint density at radius 2 is 2.22 bits per heavy atom. The van der Waals surface area contributed by atoms with E-state index in [1.54, 1.807) is 37.3 Å². The summed E-state index contributed by atoms with van der Waals surface area (Å²) in [4.78, 5) is 3.85. The smallest absolute Gasteiger partial charge is 0.167 e. The van der Waals surface area contributed by atoms with Crippen molar-refractivity contribution in [2.45, 2.75) is 13.5 Å². The summed E-state index contributed by atoms with van der Waals surface area (Å²) >= 11 is 0. The lowest BCUT2D eigenvalue weighted by Crippen LogP contribution is -1.99. The Hall–Kier alpha value is -2.41. The van der Waals surface area contributed by atoms with Crippen LogP contribution in [0.3, 0.4) is 0 Å².